The van der Waals surface area contributed by atoms with E-state index in [0.717, 1.165) is 16.9 Å². The third-order valence-electron chi connectivity index (χ3n) is 2.90. The van der Waals surface area contributed by atoms with Crippen LogP contribution >= 0.6 is 0 Å². The summed E-state index contributed by atoms with van der Waals surface area (Å²) < 4.78 is 15.6. The van der Waals surface area contributed by atoms with E-state index in [-0.39, 0.29) is 5.75 Å². The molecule has 0 fully saturated rings. The van der Waals surface area contributed by atoms with Gasteiger partial charge in [0.15, 0.2) is 11.5 Å². The average molecular weight is 260 g/mol. The Labute approximate surface area is 112 Å². The van der Waals surface area contributed by atoms with Crippen molar-refractivity contribution in [3.05, 3.63) is 36.4 Å². The van der Waals surface area contributed by atoms with E-state index in [0.29, 0.717) is 11.5 Å². The summed E-state index contributed by atoms with van der Waals surface area (Å²) in [5, 5.41) is 9.91. The van der Waals surface area contributed by atoms with Crippen LogP contribution in [0.5, 0.6) is 23.0 Å². The lowest BCUT2D eigenvalue weighted by Gasteiger charge is -2.13. The van der Waals surface area contributed by atoms with Crippen LogP contribution in [0.1, 0.15) is 0 Å². The second-order valence-electron chi connectivity index (χ2n) is 3.93. The normalized spacial score (nSPS) is 10.1. The van der Waals surface area contributed by atoms with Gasteiger partial charge in [-0.1, -0.05) is 18.2 Å². The fourth-order valence-corrected chi connectivity index (χ4v) is 1.93. The summed E-state index contributed by atoms with van der Waals surface area (Å²) in [5.41, 5.74) is 1.76. The van der Waals surface area contributed by atoms with Crippen LogP contribution in [0.4, 0.5) is 0 Å². The van der Waals surface area contributed by atoms with Crippen molar-refractivity contribution in [2.24, 2.45) is 0 Å². The van der Waals surface area contributed by atoms with Gasteiger partial charge in [-0.3, -0.25) is 0 Å². The molecule has 0 aliphatic heterocycles. The molecule has 0 spiro atoms. The number of methoxy groups -OCH3 is 3. The lowest BCUT2D eigenvalue weighted by atomic mass is 10.0. The van der Waals surface area contributed by atoms with Gasteiger partial charge in [-0.05, 0) is 23.8 Å². The number of ether oxygens (including phenoxy) is 3. The molecule has 0 heterocycles. The van der Waals surface area contributed by atoms with Crippen molar-refractivity contribution in [2.45, 2.75) is 0 Å². The predicted molar refractivity (Wildman–Crippen MR) is 73.2 cm³/mol. The first-order valence-corrected chi connectivity index (χ1v) is 5.79. The quantitative estimate of drug-likeness (QED) is 0.917. The molecule has 19 heavy (non-hydrogen) atoms. The highest BCUT2D eigenvalue weighted by Crippen LogP contribution is 2.42. The fourth-order valence-electron chi connectivity index (χ4n) is 1.93. The van der Waals surface area contributed by atoms with Crippen molar-refractivity contribution in [1.29, 1.82) is 0 Å². The summed E-state index contributed by atoms with van der Waals surface area (Å²) in [6, 6.07) is 11.1. The van der Waals surface area contributed by atoms with E-state index in [4.69, 9.17) is 14.2 Å². The third-order valence-corrected chi connectivity index (χ3v) is 2.90. The van der Waals surface area contributed by atoms with Crippen LogP contribution in [0.25, 0.3) is 11.1 Å². The van der Waals surface area contributed by atoms with E-state index in [2.05, 4.69) is 0 Å². The van der Waals surface area contributed by atoms with Gasteiger partial charge in [0.05, 0.1) is 21.3 Å². The molecule has 4 heteroatoms. The fraction of sp³-hybridized carbons (Fsp3) is 0.200. The Kier molecular flexibility index (Phi) is 3.80. The highest BCUT2D eigenvalue weighted by molar-refractivity contribution is 5.75. The zero-order valence-electron chi connectivity index (χ0n) is 11.1. The summed E-state index contributed by atoms with van der Waals surface area (Å²) in [7, 11) is 4.62. The van der Waals surface area contributed by atoms with Crippen molar-refractivity contribution in [1.82, 2.24) is 0 Å². The second kappa shape index (κ2) is 5.52. The van der Waals surface area contributed by atoms with E-state index in [1.54, 1.807) is 19.2 Å². The van der Waals surface area contributed by atoms with Crippen molar-refractivity contribution in [3.63, 3.8) is 0 Å². The molecule has 0 radical (unpaired) electrons. The zero-order valence-corrected chi connectivity index (χ0v) is 11.1. The number of para-hydroxylation sites is 1. The predicted octanol–water partition coefficient (Wildman–Crippen LogP) is 3.09. The molecule has 0 unspecified atom stereocenters. The van der Waals surface area contributed by atoms with E-state index in [1.807, 2.05) is 24.3 Å². The van der Waals surface area contributed by atoms with Crippen LogP contribution in [0, 0.1) is 0 Å². The summed E-state index contributed by atoms with van der Waals surface area (Å²) in [5.74, 6) is 1.46. The van der Waals surface area contributed by atoms with E-state index < -0.39 is 0 Å². The second-order valence-corrected chi connectivity index (χ2v) is 3.93. The van der Waals surface area contributed by atoms with Gasteiger partial charge >= 0.3 is 0 Å². The van der Waals surface area contributed by atoms with Gasteiger partial charge in [-0.15, -0.1) is 0 Å². The van der Waals surface area contributed by atoms with Gasteiger partial charge in [-0.25, -0.2) is 0 Å². The van der Waals surface area contributed by atoms with Gasteiger partial charge in [-0.2, -0.15) is 0 Å². The van der Waals surface area contributed by atoms with Crippen LogP contribution in [-0.4, -0.2) is 26.4 Å². The van der Waals surface area contributed by atoms with Crippen molar-refractivity contribution < 1.29 is 19.3 Å². The maximum atomic E-state index is 9.91. The first kappa shape index (κ1) is 13.1. The Bertz CT molecular complexity index is 553. The molecule has 0 atom stereocenters. The van der Waals surface area contributed by atoms with E-state index in [9.17, 15) is 5.11 Å². The molecular weight excluding hydrogens is 244 g/mol. The molecule has 0 saturated heterocycles. The SMILES string of the molecule is COc1ccccc1-c1cc(OC)c(O)c(OC)c1. The van der Waals surface area contributed by atoms with Crippen LogP contribution in [0.3, 0.4) is 0 Å². The lowest BCUT2D eigenvalue weighted by Crippen LogP contribution is -1.92. The Morgan fingerprint density at radius 2 is 1.32 bits per heavy atom. The Morgan fingerprint density at radius 1 is 0.789 bits per heavy atom. The molecule has 0 amide bonds. The molecule has 2 aromatic carbocycles. The highest BCUT2D eigenvalue weighted by Gasteiger charge is 2.14. The standard InChI is InChI=1S/C15H16O4/c1-17-12-7-5-4-6-11(12)10-8-13(18-2)15(16)14(9-10)19-3/h4-9,16H,1-3H3. The minimum Gasteiger partial charge on any atom is -0.502 e. The molecule has 2 rings (SSSR count). The van der Waals surface area contributed by atoms with Crippen LogP contribution in [0.2, 0.25) is 0 Å². The van der Waals surface area contributed by atoms with Crippen molar-refractivity contribution in [2.75, 3.05) is 21.3 Å². The lowest BCUT2D eigenvalue weighted by molar-refractivity contribution is 0.340. The van der Waals surface area contributed by atoms with Gasteiger partial charge < -0.3 is 19.3 Å². The van der Waals surface area contributed by atoms with Crippen LogP contribution < -0.4 is 14.2 Å². The molecule has 2 aromatic rings. The number of phenolic OH excluding ortho intramolecular Hbond substituents is 1. The smallest absolute Gasteiger partial charge is 0.200 e. The molecule has 4 nitrogen and oxygen atoms in total. The highest BCUT2D eigenvalue weighted by atomic mass is 16.5. The summed E-state index contributed by atoms with van der Waals surface area (Å²) in [6.07, 6.45) is 0. The Balaban J connectivity index is 2.62. The number of rotatable bonds is 4. The monoisotopic (exact) mass is 260 g/mol. The number of hydrogen-bond acceptors (Lipinski definition) is 4. The molecule has 100 valence electrons. The number of hydrogen-bond donors (Lipinski definition) is 1. The number of aromatic hydroxyl groups is 1. The van der Waals surface area contributed by atoms with Gasteiger partial charge in [0.2, 0.25) is 5.75 Å². The first-order valence-electron chi connectivity index (χ1n) is 5.79. The molecule has 0 aromatic heterocycles. The van der Waals surface area contributed by atoms with Gasteiger partial charge in [0.1, 0.15) is 5.75 Å². The largest absolute Gasteiger partial charge is 0.502 e. The molecular formula is C15H16O4. The summed E-state index contributed by atoms with van der Waals surface area (Å²) in [6.45, 7) is 0. The minimum absolute atomic E-state index is 0.0105. The molecule has 1 N–H and O–H groups in total. The van der Waals surface area contributed by atoms with Crippen LogP contribution in [0.15, 0.2) is 36.4 Å². The Morgan fingerprint density at radius 3 is 1.84 bits per heavy atom. The van der Waals surface area contributed by atoms with Crippen LogP contribution in [-0.2, 0) is 0 Å². The topological polar surface area (TPSA) is 47.9 Å². The number of benzene rings is 2. The van der Waals surface area contributed by atoms with Gasteiger partial charge in [0, 0.05) is 5.56 Å². The van der Waals surface area contributed by atoms with Crippen molar-refractivity contribution >= 4 is 0 Å². The Hall–Kier alpha value is -2.36. The zero-order chi connectivity index (χ0) is 13.8. The van der Waals surface area contributed by atoms with E-state index in [1.165, 1.54) is 14.2 Å². The van der Waals surface area contributed by atoms with Crippen molar-refractivity contribution in [3.8, 4) is 34.1 Å². The van der Waals surface area contributed by atoms with Gasteiger partial charge in [0.25, 0.3) is 0 Å². The first-order chi connectivity index (χ1) is 9.21. The summed E-state index contributed by atoms with van der Waals surface area (Å²) in [4.78, 5) is 0. The van der Waals surface area contributed by atoms with E-state index >= 15 is 0 Å². The third kappa shape index (κ3) is 2.42. The maximum absolute atomic E-state index is 9.91. The maximum Gasteiger partial charge on any atom is 0.200 e. The average Bonchev–Trinajstić information content (AvgIpc) is 2.47. The molecule has 0 aliphatic rings. The number of phenols is 1. The minimum atomic E-state index is -0.0105. The molecule has 0 bridgehead atoms. The molecule has 0 aliphatic carbocycles. The molecule has 0 saturated carbocycles. The summed E-state index contributed by atoms with van der Waals surface area (Å²) >= 11 is 0.